The third kappa shape index (κ3) is 2.35. The van der Waals surface area contributed by atoms with Gasteiger partial charge in [0.2, 0.25) is 5.91 Å². The molecule has 0 saturated heterocycles. The number of nitrogens with zero attached hydrogens (tertiary/aromatic N) is 1. The van der Waals surface area contributed by atoms with Crippen molar-refractivity contribution in [3.8, 4) is 0 Å². The summed E-state index contributed by atoms with van der Waals surface area (Å²) < 4.78 is 0. The molecule has 0 aromatic carbocycles. The topological polar surface area (TPSA) is 68.0 Å². The number of carbonyl (C=O) groups excluding carboxylic acids is 1. The molecule has 0 fully saturated rings. The van der Waals surface area contributed by atoms with Crippen molar-refractivity contribution in [1.29, 1.82) is 0 Å². The van der Waals surface area contributed by atoms with E-state index in [4.69, 9.17) is 5.73 Å². The van der Waals surface area contributed by atoms with Crippen molar-refractivity contribution >= 4 is 11.6 Å². The molecule has 0 bridgehead atoms. The molecule has 4 nitrogen and oxygen atoms in total. The van der Waals surface area contributed by atoms with Gasteiger partial charge in [0.1, 0.15) is 0 Å². The summed E-state index contributed by atoms with van der Waals surface area (Å²) in [7, 11) is 0. The van der Waals surface area contributed by atoms with Gasteiger partial charge in [-0.05, 0) is 12.1 Å². The fraction of sp³-hybridized carbons (Fsp3) is 0.143. The molecule has 0 aliphatic rings. The van der Waals surface area contributed by atoms with Crippen LogP contribution in [0.15, 0.2) is 24.5 Å². The van der Waals surface area contributed by atoms with E-state index in [9.17, 15) is 4.79 Å². The zero-order chi connectivity index (χ0) is 8.10. The molecule has 4 heteroatoms. The van der Waals surface area contributed by atoms with Gasteiger partial charge in [0, 0.05) is 18.1 Å². The maximum atomic E-state index is 10.7. The van der Waals surface area contributed by atoms with Gasteiger partial charge in [-0.15, -0.1) is 0 Å². The maximum absolute atomic E-state index is 10.7. The van der Waals surface area contributed by atoms with Crippen molar-refractivity contribution in [2.45, 2.75) is 0 Å². The van der Waals surface area contributed by atoms with Gasteiger partial charge in [0.05, 0.1) is 6.54 Å². The number of amides is 1. The number of carbonyl (C=O) groups is 1. The SMILES string of the molecule is NCC(=O)Nc1ccncc1. The standard InChI is InChI=1S/C7H9N3O/c8-5-7(11)10-6-1-3-9-4-2-6/h1-4H,5,8H2,(H,9,10,11). The van der Waals surface area contributed by atoms with Crippen LogP contribution in [0.3, 0.4) is 0 Å². The van der Waals surface area contributed by atoms with Crippen LogP contribution < -0.4 is 11.1 Å². The van der Waals surface area contributed by atoms with Crippen LogP contribution in [0.2, 0.25) is 0 Å². The molecule has 11 heavy (non-hydrogen) atoms. The van der Waals surface area contributed by atoms with Crippen LogP contribution in [0, 0.1) is 0 Å². The van der Waals surface area contributed by atoms with Gasteiger partial charge in [0.15, 0.2) is 0 Å². The number of hydrogen-bond donors (Lipinski definition) is 2. The van der Waals surface area contributed by atoms with E-state index in [0.717, 1.165) is 5.69 Å². The van der Waals surface area contributed by atoms with Crippen LogP contribution in [-0.2, 0) is 4.79 Å². The molecule has 0 spiro atoms. The highest BCUT2D eigenvalue weighted by atomic mass is 16.1. The normalized spacial score (nSPS) is 9.18. The second-order valence-corrected chi connectivity index (χ2v) is 1.99. The Morgan fingerprint density at radius 1 is 1.55 bits per heavy atom. The van der Waals surface area contributed by atoms with Crippen molar-refractivity contribution in [2.24, 2.45) is 5.73 Å². The van der Waals surface area contributed by atoms with Gasteiger partial charge in [-0.3, -0.25) is 9.78 Å². The predicted octanol–water partition coefficient (Wildman–Crippen LogP) is -0.0212. The summed E-state index contributed by atoms with van der Waals surface area (Å²) in [4.78, 5) is 14.5. The Hall–Kier alpha value is -1.42. The molecule has 0 aliphatic heterocycles. The van der Waals surface area contributed by atoms with E-state index in [2.05, 4.69) is 10.3 Å². The number of nitrogens with two attached hydrogens (primary N) is 1. The molecule has 0 radical (unpaired) electrons. The number of nitrogens with one attached hydrogen (secondary N) is 1. The first-order valence-corrected chi connectivity index (χ1v) is 3.23. The first-order valence-electron chi connectivity index (χ1n) is 3.23. The molecule has 0 atom stereocenters. The lowest BCUT2D eigenvalue weighted by Crippen LogP contribution is -2.21. The average Bonchev–Trinajstić information content (AvgIpc) is 2.06. The number of aromatic nitrogens is 1. The van der Waals surface area contributed by atoms with Gasteiger partial charge in [-0.1, -0.05) is 0 Å². The minimum atomic E-state index is -0.198. The van der Waals surface area contributed by atoms with Crippen molar-refractivity contribution in [2.75, 3.05) is 11.9 Å². The lowest BCUT2D eigenvalue weighted by Gasteiger charge is -2.00. The Balaban J connectivity index is 2.58. The van der Waals surface area contributed by atoms with E-state index >= 15 is 0 Å². The van der Waals surface area contributed by atoms with E-state index in [1.165, 1.54) is 0 Å². The molecular formula is C7H9N3O. The highest BCUT2D eigenvalue weighted by molar-refractivity contribution is 5.91. The molecule has 58 valence electrons. The Morgan fingerprint density at radius 3 is 2.73 bits per heavy atom. The average molecular weight is 151 g/mol. The predicted molar refractivity (Wildman–Crippen MR) is 41.9 cm³/mol. The molecule has 3 N–H and O–H groups in total. The highest BCUT2D eigenvalue weighted by Crippen LogP contribution is 2.01. The van der Waals surface area contributed by atoms with Crippen molar-refractivity contribution in [3.63, 3.8) is 0 Å². The molecule has 1 aromatic rings. The van der Waals surface area contributed by atoms with Crippen LogP contribution in [0.4, 0.5) is 5.69 Å². The summed E-state index contributed by atoms with van der Waals surface area (Å²) in [6, 6.07) is 3.40. The van der Waals surface area contributed by atoms with E-state index in [0.29, 0.717) is 0 Å². The maximum Gasteiger partial charge on any atom is 0.238 e. The summed E-state index contributed by atoms with van der Waals surface area (Å²) in [6.45, 7) is 0.00230. The van der Waals surface area contributed by atoms with Crippen molar-refractivity contribution in [1.82, 2.24) is 4.98 Å². The second kappa shape index (κ2) is 3.68. The smallest absolute Gasteiger partial charge is 0.238 e. The zero-order valence-electron chi connectivity index (χ0n) is 5.95. The van der Waals surface area contributed by atoms with Gasteiger partial charge in [0.25, 0.3) is 0 Å². The molecule has 1 heterocycles. The van der Waals surface area contributed by atoms with Crippen molar-refractivity contribution in [3.05, 3.63) is 24.5 Å². The quantitative estimate of drug-likeness (QED) is 0.624. The van der Waals surface area contributed by atoms with E-state index < -0.39 is 0 Å². The fourth-order valence-electron chi connectivity index (χ4n) is 0.647. The monoisotopic (exact) mass is 151 g/mol. The fourth-order valence-corrected chi connectivity index (χ4v) is 0.647. The largest absolute Gasteiger partial charge is 0.325 e. The number of anilines is 1. The van der Waals surface area contributed by atoms with Crippen LogP contribution in [0.25, 0.3) is 0 Å². The molecule has 0 unspecified atom stereocenters. The van der Waals surface area contributed by atoms with Gasteiger partial charge < -0.3 is 11.1 Å². The van der Waals surface area contributed by atoms with Gasteiger partial charge >= 0.3 is 0 Å². The Labute approximate surface area is 64.4 Å². The third-order valence-electron chi connectivity index (χ3n) is 1.15. The molecule has 0 saturated carbocycles. The lowest BCUT2D eigenvalue weighted by atomic mass is 10.4. The van der Waals surface area contributed by atoms with Gasteiger partial charge in [-0.25, -0.2) is 0 Å². The Bertz CT molecular complexity index is 235. The molecule has 0 aliphatic carbocycles. The Morgan fingerprint density at radius 2 is 2.18 bits per heavy atom. The first kappa shape index (κ1) is 7.68. The molecule has 1 rings (SSSR count). The van der Waals surface area contributed by atoms with Crippen LogP contribution in [0.5, 0.6) is 0 Å². The summed E-state index contributed by atoms with van der Waals surface area (Å²) >= 11 is 0. The molecule has 1 amide bonds. The lowest BCUT2D eigenvalue weighted by molar-refractivity contribution is -0.114. The number of rotatable bonds is 2. The summed E-state index contributed by atoms with van der Waals surface area (Å²) in [5, 5.41) is 2.59. The number of hydrogen-bond acceptors (Lipinski definition) is 3. The minimum Gasteiger partial charge on any atom is -0.325 e. The Kier molecular flexibility index (Phi) is 2.57. The molecular weight excluding hydrogens is 142 g/mol. The summed E-state index contributed by atoms with van der Waals surface area (Å²) in [5.41, 5.74) is 5.81. The molecule has 1 aromatic heterocycles. The summed E-state index contributed by atoms with van der Waals surface area (Å²) in [6.07, 6.45) is 3.21. The third-order valence-corrected chi connectivity index (χ3v) is 1.15. The summed E-state index contributed by atoms with van der Waals surface area (Å²) in [5.74, 6) is -0.198. The van der Waals surface area contributed by atoms with E-state index in [1.54, 1.807) is 24.5 Å². The zero-order valence-corrected chi connectivity index (χ0v) is 5.95. The van der Waals surface area contributed by atoms with E-state index in [1.807, 2.05) is 0 Å². The number of pyridine rings is 1. The highest BCUT2D eigenvalue weighted by Gasteiger charge is 1.95. The van der Waals surface area contributed by atoms with Crippen LogP contribution in [0.1, 0.15) is 0 Å². The minimum absolute atomic E-state index is 0.00230. The first-order chi connectivity index (χ1) is 5.33. The second-order valence-electron chi connectivity index (χ2n) is 1.99. The van der Waals surface area contributed by atoms with Crippen molar-refractivity contribution < 1.29 is 4.79 Å². The van der Waals surface area contributed by atoms with Gasteiger partial charge in [-0.2, -0.15) is 0 Å². The van der Waals surface area contributed by atoms with Crippen LogP contribution in [-0.4, -0.2) is 17.4 Å². The van der Waals surface area contributed by atoms with Crippen LogP contribution >= 0.6 is 0 Å². The van der Waals surface area contributed by atoms with E-state index in [-0.39, 0.29) is 12.5 Å².